The molecule has 0 amide bonds. The van der Waals surface area contributed by atoms with Crippen LogP contribution in [0.1, 0.15) is 18.5 Å². The van der Waals surface area contributed by atoms with Gasteiger partial charge in [0.1, 0.15) is 13.2 Å². The Morgan fingerprint density at radius 2 is 1.93 bits per heavy atom. The van der Waals surface area contributed by atoms with Gasteiger partial charge in [-0.25, -0.2) is 8.42 Å². The van der Waals surface area contributed by atoms with Crippen molar-refractivity contribution in [1.82, 2.24) is 9.29 Å². The molecule has 0 aliphatic carbocycles. The van der Waals surface area contributed by atoms with Crippen molar-refractivity contribution >= 4 is 10.0 Å². The number of hydrogen-bond acceptors (Lipinski definition) is 6. The average Bonchev–Trinajstić information content (AvgIpc) is 3.21. The molecular weight excluding hydrogens is 368 g/mol. The summed E-state index contributed by atoms with van der Waals surface area (Å²) in [6.45, 7) is 2.03. The van der Waals surface area contributed by atoms with E-state index in [1.165, 1.54) is 10.4 Å². The summed E-state index contributed by atoms with van der Waals surface area (Å²) in [6.07, 6.45) is 3.37. The number of benzene rings is 1. The predicted octanol–water partition coefficient (Wildman–Crippen LogP) is 2.22. The highest BCUT2D eigenvalue weighted by atomic mass is 32.2. The van der Waals surface area contributed by atoms with Gasteiger partial charge in [0.05, 0.1) is 23.2 Å². The first-order valence-corrected chi connectivity index (χ1v) is 10.5. The van der Waals surface area contributed by atoms with Crippen LogP contribution >= 0.6 is 0 Å². The van der Waals surface area contributed by atoms with Gasteiger partial charge in [0, 0.05) is 25.4 Å². The van der Waals surface area contributed by atoms with Crippen LogP contribution < -0.4 is 9.47 Å². The molecule has 1 unspecified atom stereocenters. The summed E-state index contributed by atoms with van der Waals surface area (Å²) < 4.78 is 44.9. The minimum atomic E-state index is -3.74. The normalized spacial score (nSPS) is 19.4. The molecule has 3 heterocycles. The summed E-state index contributed by atoms with van der Waals surface area (Å²) in [5, 5.41) is 0. The van der Waals surface area contributed by atoms with E-state index < -0.39 is 10.0 Å². The molecule has 144 valence electrons. The lowest BCUT2D eigenvalue weighted by atomic mass is 10.2. The number of ether oxygens (including phenoxy) is 3. The molecule has 2 aliphatic heterocycles. The van der Waals surface area contributed by atoms with Gasteiger partial charge in [-0.2, -0.15) is 4.31 Å². The van der Waals surface area contributed by atoms with Crippen LogP contribution in [0.15, 0.2) is 47.5 Å². The summed E-state index contributed by atoms with van der Waals surface area (Å²) in [7, 11) is -3.74. The highest BCUT2D eigenvalue weighted by molar-refractivity contribution is 7.89. The largest absolute Gasteiger partial charge is 0.486 e. The Morgan fingerprint density at radius 3 is 2.67 bits per heavy atom. The third kappa shape index (κ3) is 4.07. The van der Waals surface area contributed by atoms with Crippen molar-refractivity contribution in [2.45, 2.75) is 30.4 Å². The molecule has 1 aromatic heterocycles. The van der Waals surface area contributed by atoms with Crippen molar-refractivity contribution < 1.29 is 22.6 Å². The number of nitrogens with zero attached hydrogens (tertiary/aromatic N) is 2. The van der Waals surface area contributed by atoms with Crippen LogP contribution in [-0.2, 0) is 21.3 Å². The SMILES string of the molecule is O=S(=O)(c1ccc2c(c1)OCCO2)N(Cc1ccccn1)CC1CCCO1. The van der Waals surface area contributed by atoms with E-state index in [1.807, 2.05) is 18.2 Å². The molecule has 2 aromatic rings. The third-order valence-electron chi connectivity index (χ3n) is 4.65. The van der Waals surface area contributed by atoms with Crippen molar-refractivity contribution in [2.75, 3.05) is 26.4 Å². The fraction of sp³-hybridized carbons (Fsp3) is 0.421. The molecule has 7 nitrogen and oxygen atoms in total. The van der Waals surface area contributed by atoms with Gasteiger partial charge in [0.2, 0.25) is 10.0 Å². The lowest BCUT2D eigenvalue weighted by Crippen LogP contribution is -2.37. The molecule has 2 aliphatic rings. The van der Waals surface area contributed by atoms with Crippen molar-refractivity contribution in [1.29, 1.82) is 0 Å². The molecule has 27 heavy (non-hydrogen) atoms. The van der Waals surface area contributed by atoms with Crippen LogP contribution in [0.2, 0.25) is 0 Å². The Balaban J connectivity index is 1.64. The summed E-state index contributed by atoms with van der Waals surface area (Å²) in [5.74, 6) is 1.02. The first-order valence-electron chi connectivity index (χ1n) is 9.04. The zero-order chi connectivity index (χ0) is 18.7. The van der Waals surface area contributed by atoms with Crippen LogP contribution in [-0.4, -0.2) is 50.2 Å². The van der Waals surface area contributed by atoms with Gasteiger partial charge in [0.15, 0.2) is 11.5 Å². The monoisotopic (exact) mass is 390 g/mol. The van der Waals surface area contributed by atoms with Crippen molar-refractivity contribution in [3.05, 3.63) is 48.3 Å². The van der Waals surface area contributed by atoms with E-state index in [4.69, 9.17) is 14.2 Å². The molecule has 1 atom stereocenters. The minimum Gasteiger partial charge on any atom is -0.486 e. The number of fused-ring (bicyclic) bond motifs is 1. The summed E-state index contributed by atoms with van der Waals surface area (Å²) in [6, 6.07) is 10.2. The molecule has 0 spiro atoms. The third-order valence-corrected chi connectivity index (χ3v) is 6.45. The Labute approximate surface area is 158 Å². The first-order chi connectivity index (χ1) is 13.1. The number of pyridine rings is 1. The second kappa shape index (κ2) is 7.84. The Bertz CT molecular complexity index is 882. The number of rotatable bonds is 6. The molecule has 0 radical (unpaired) electrons. The Kier molecular flexibility index (Phi) is 5.29. The van der Waals surface area contributed by atoms with Gasteiger partial charge < -0.3 is 14.2 Å². The molecule has 1 fully saturated rings. The zero-order valence-electron chi connectivity index (χ0n) is 14.9. The van der Waals surface area contributed by atoms with Crippen molar-refractivity contribution in [3.8, 4) is 11.5 Å². The highest BCUT2D eigenvalue weighted by Crippen LogP contribution is 2.33. The van der Waals surface area contributed by atoms with E-state index in [-0.39, 0.29) is 17.5 Å². The first kappa shape index (κ1) is 18.2. The second-order valence-electron chi connectivity index (χ2n) is 6.56. The van der Waals surface area contributed by atoms with E-state index >= 15 is 0 Å². The fourth-order valence-electron chi connectivity index (χ4n) is 3.27. The Hall–Kier alpha value is -2.16. The smallest absolute Gasteiger partial charge is 0.243 e. The lowest BCUT2D eigenvalue weighted by Gasteiger charge is -2.25. The molecule has 0 N–H and O–H groups in total. The van der Waals surface area contributed by atoms with Gasteiger partial charge >= 0.3 is 0 Å². The highest BCUT2D eigenvalue weighted by Gasteiger charge is 2.30. The molecule has 1 aromatic carbocycles. The van der Waals surface area contributed by atoms with Crippen LogP contribution in [0.3, 0.4) is 0 Å². The second-order valence-corrected chi connectivity index (χ2v) is 8.50. The van der Waals surface area contributed by atoms with Gasteiger partial charge in [0.25, 0.3) is 0 Å². The molecule has 8 heteroatoms. The molecule has 0 bridgehead atoms. The molecule has 0 saturated carbocycles. The van der Waals surface area contributed by atoms with Crippen LogP contribution in [0.4, 0.5) is 0 Å². The van der Waals surface area contributed by atoms with Gasteiger partial charge in [-0.3, -0.25) is 4.98 Å². The summed E-state index contributed by atoms with van der Waals surface area (Å²) in [5.41, 5.74) is 0.691. The van der Waals surface area contributed by atoms with Gasteiger partial charge in [-0.15, -0.1) is 0 Å². The topological polar surface area (TPSA) is 78.0 Å². The maximum Gasteiger partial charge on any atom is 0.243 e. The van der Waals surface area contributed by atoms with Crippen LogP contribution in [0.5, 0.6) is 11.5 Å². The van der Waals surface area contributed by atoms with Crippen LogP contribution in [0.25, 0.3) is 0 Å². The summed E-state index contributed by atoms with van der Waals surface area (Å²) in [4.78, 5) is 4.46. The van der Waals surface area contributed by atoms with Gasteiger partial charge in [-0.05, 0) is 37.1 Å². The zero-order valence-corrected chi connectivity index (χ0v) is 15.7. The van der Waals surface area contributed by atoms with E-state index in [0.717, 1.165) is 12.8 Å². The quantitative estimate of drug-likeness (QED) is 0.753. The molecule has 1 saturated heterocycles. The van der Waals surface area contributed by atoms with Crippen LogP contribution in [0, 0.1) is 0 Å². The number of hydrogen-bond donors (Lipinski definition) is 0. The fourth-order valence-corrected chi connectivity index (χ4v) is 4.73. The number of aromatic nitrogens is 1. The number of sulfonamides is 1. The average molecular weight is 390 g/mol. The molecule has 4 rings (SSSR count). The van der Waals surface area contributed by atoms with E-state index in [0.29, 0.717) is 43.6 Å². The maximum absolute atomic E-state index is 13.4. The molecular formula is C19H22N2O5S. The van der Waals surface area contributed by atoms with Gasteiger partial charge in [-0.1, -0.05) is 6.07 Å². The standard InChI is InChI=1S/C19H22N2O5S/c22-27(23,17-6-7-18-19(12-17)26-11-10-25-18)21(14-16-5-3-9-24-16)13-15-4-1-2-8-20-15/h1-2,4,6-8,12,16H,3,5,9-11,13-14H2. The van der Waals surface area contributed by atoms with E-state index in [2.05, 4.69) is 4.98 Å². The van der Waals surface area contributed by atoms with E-state index in [9.17, 15) is 8.42 Å². The van der Waals surface area contributed by atoms with E-state index in [1.54, 1.807) is 18.3 Å². The predicted molar refractivity (Wildman–Crippen MR) is 98.2 cm³/mol. The summed E-state index contributed by atoms with van der Waals surface area (Å²) >= 11 is 0. The van der Waals surface area contributed by atoms with Crippen molar-refractivity contribution in [2.24, 2.45) is 0 Å². The maximum atomic E-state index is 13.4. The minimum absolute atomic E-state index is 0.0966. The lowest BCUT2D eigenvalue weighted by molar-refractivity contribution is 0.0924. The van der Waals surface area contributed by atoms with Crippen molar-refractivity contribution in [3.63, 3.8) is 0 Å². The Morgan fingerprint density at radius 1 is 1.07 bits per heavy atom.